The standard InChI is InChI=1S/C27H32Cl2N4O2/c1-3-5-14-31-24-8-6-7-9-25(24)32(27(31)35)18-17-30-15-12-20(13-16-30)33(26(34)4-2)21-10-11-22(28)23(29)19-21/h3,5-11,19-20H,4,12-18H2,1-2H3. The Bertz CT molecular complexity index is 1270. The number of aromatic nitrogens is 2. The van der Waals surface area contributed by atoms with Gasteiger partial charge in [-0.2, -0.15) is 0 Å². The lowest BCUT2D eigenvalue weighted by Gasteiger charge is -2.38. The van der Waals surface area contributed by atoms with E-state index in [4.69, 9.17) is 23.2 Å². The molecule has 1 saturated heterocycles. The molecule has 3 aromatic rings. The van der Waals surface area contributed by atoms with Crippen LogP contribution in [0.15, 0.2) is 59.4 Å². The van der Waals surface area contributed by atoms with Crippen molar-refractivity contribution in [3.05, 3.63) is 75.1 Å². The number of carbonyl (C=O) groups is 1. The number of anilines is 1. The summed E-state index contributed by atoms with van der Waals surface area (Å²) < 4.78 is 3.71. The van der Waals surface area contributed by atoms with Crippen molar-refractivity contribution in [1.82, 2.24) is 14.0 Å². The van der Waals surface area contributed by atoms with Crippen molar-refractivity contribution in [3.8, 4) is 0 Å². The fourth-order valence-electron chi connectivity index (χ4n) is 4.88. The Labute approximate surface area is 216 Å². The topological polar surface area (TPSA) is 50.5 Å². The van der Waals surface area contributed by atoms with E-state index >= 15 is 0 Å². The van der Waals surface area contributed by atoms with Gasteiger partial charge in [0.25, 0.3) is 0 Å². The van der Waals surface area contributed by atoms with Crippen LogP contribution in [0.25, 0.3) is 11.0 Å². The van der Waals surface area contributed by atoms with Crippen molar-refractivity contribution < 1.29 is 4.79 Å². The van der Waals surface area contributed by atoms with Gasteiger partial charge in [0.15, 0.2) is 0 Å². The smallest absolute Gasteiger partial charge is 0.309 e. The minimum atomic E-state index is 0.0264. The van der Waals surface area contributed by atoms with E-state index in [9.17, 15) is 9.59 Å². The molecule has 6 nitrogen and oxygen atoms in total. The van der Waals surface area contributed by atoms with Crippen molar-refractivity contribution in [1.29, 1.82) is 0 Å². The van der Waals surface area contributed by atoms with Gasteiger partial charge in [-0.25, -0.2) is 4.79 Å². The molecular weight excluding hydrogens is 483 g/mol. The summed E-state index contributed by atoms with van der Waals surface area (Å²) in [6, 6.07) is 13.5. The molecule has 35 heavy (non-hydrogen) atoms. The highest BCUT2D eigenvalue weighted by Crippen LogP contribution is 2.31. The zero-order chi connectivity index (χ0) is 24.9. The van der Waals surface area contributed by atoms with Crippen molar-refractivity contribution in [2.45, 2.75) is 52.2 Å². The van der Waals surface area contributed by atoms with Crippen LogP contribution in [0.4, 0.5) is 5.69 Å². The predicted octanol–water partition coefficient (Wildman–Crippen LogP) is 5.59. The first-order chi connectivity index (χ1) is 16.9. The Morgan fingerprint density at radius 2 is 1.71 bits per heavy atom. The molecule has 0 bridgehead atoms. The van der Waals surface area contributed by atoms with Gasteiger partial charge >= 0.3 is 5.69 Å². The maximum Gasteiger partial charge on any atom is 0.329 e. The van der Waals surface area contributed by atoms with Crippen LogP contribution in [0.3, 0.4) is 0 Å². The Balaban J connectivity index is 1.44. The second-order valence-corrected chi connectivity index (χ2v) is 9.71. The first kappa shape index (κ1) is 25.5. The molecule has 0 atom stereocenters. The third-order valence-corrected chi connectivity index (χ3v) is 7.50. The summed E-state index contributed by atoms with van der Waals surface area (Å²) in [6.45, 7) is 7.58. The minimum absolute atomic E-state index is 0.0264. The Kier molecular flexibility index (Phi) is 8.37. The number of imidazole rings is 1. The molecule has 2 aromatic carbocycles. The average Bonchev–Trinajstić information content (AvgIpc) is 3.14. The van der Waals surface area contributed by atoms with Gasteiger partial charge in [-0.15, -0.1) is 0 Å². The third-order valence-electron chi connectivity index (χ3n) is 6.76. The second-order valence-electron chi connectivity index (χ2n) is 8.89. The second kappa shape index (κ2) is 11.5. The van der Waals surface area contributed by atoms with Crippen LogP contribution in [0.5, 0.6) is 0 Å². The van der Waals surface area contributed by atoms with Gasteiger partial charge in [-0.3, -0.25) is 13.9 Å². The van der Waals surface area contributed by atoms with Gasteiger partial charge in [0.05, 0.1) is 21.1 Å². The predicted molar refractivity (Wildman–Crippen MR) is 145 cm³/mol. The number of fused-ring (bicyclic) bond motifs is 1. The summed E-state index contributed by atoms with van der Waals surface area (Å²) in [5, 5.41) is 0.936. The largest absolute Gasteiger partial charge is 0.329 e. The average molecular weight is 515 g/mol. The summed E-state index contributed by atoms with van der Waals surface area (Å²) in [4.78, 5) is 30.2. The first-order valence-corrected chi connectivity index (χ1v) is 13.0. The first-order valence-electron chi connectivity index (χ1n) is 12.2. The van der Waals surface area contributed by atoms with Crippen molar-refractivity contribution in [3.63, 3.8) is 0 Å². The molecule has 186 valence electrons. The van der Waals surface area contributed by atoms with Crippen molar-refractivity contribution in [2.24, 2.45) is 0 Å². The molecule has 1 fully saturated rings. The lowest BCUT2D eigenvalue weighted by Crippen LogP contribution is -2.48. The third kappa shape index (κ3) is 5.50. The quantitative estimate of drug-likeness (QED) is 0.368. The molecule has 0 saturated carbocycles. The van der Waals surface area contributed by atoms with Gasteiger partial charge in [-0.1, -0.05) is 54.4 Å². The van der Waals surface area contributed by atoms with Crippen LogP contribution in [0.1, 0.15) is 33.1 Å². The van der Waals surface area contributed by atoms with E-state index in [-0.39, 0.29) is 17.6 Å². The summed E-state index contributed by atoms with van der Waals surface area (Å²) in [5.41, 5.74) is 2.75. The number of amides is 1. The number of piperidine rings is 1. The highest BCUT2D eigenvalue weighted by atomic mass is 35.5. The SMILES string of the molecule is CC=CCn1c(=O)n(CCN2CCC(N(C(=O)CC)c3ccc(Cl)c(Cl)c3)CC2)c2ccccc21. The maximum absolute atomic E-state index is 13.1. The van der Waals surface area contributed by atoms with Gasteiger partial charge in [-0.05, 0) is 50.1 Å². The van der Waals surface area contributed by atoms with E-state index in [0.29, 0.717) is 29.6 Å². The number of carbonyl (C=O) groups excluding carboxylic acids is 1. The van der Waals surface area contributed by atoms with Gasteiger partial charge < -0.3 is 9.80 Å². The molecule has 0 spiro atoms. The lowest BCUT2D eigenvalue weighted by atomic mass is 10.0. The van der Waals surface area contributed by atoms with E-state index in [1.54, 1.807) is 12.1 Å². The maximum atomic E-state index is 13.1. The molecule has 0 unspecified atom stereocenters. The van der Waals surface area contributed by atoms with E-state index in [0.717, 1.165) is 49.2 Å². The van der Waals surface area contributed by atoms with Crippen LogP contribution >= 0.6 is 23.2 Å². The fourth-order valence-corrected chi connectivity index (χ4v) is 5.17. The van der Waals surface area contributed by atoms with Gasteiger partial charge in [0.1, 0.15) is 0 Å². The molecule has 1 amide bonds. The van der Waals surface area contributed by atoms with Crippen LogP contribution in [0, 0.1) is 0 Å². The zero-order valence-corrected chi connectivity index (χ0v) is 21.8. The molecule has 0 aliphatic carbocycles. The minimum Gasteiger partial charge on any atom is -0.309 e. The van der Waals surface area contributed by atoms with Crippen LogP contribution in [-0.2, 0) is 17.9 Å². The fraction of sp³-hybridized carbons (Fsp3) is 0.407. The molecule has 0 radical (unpaired) electrons. The number of halogens is 2. The van der Waals surface area contributed by atoms with E-state index < -0.39 is 0 Å². The normalized spacial score (nSPS) is 15.3. The number of likely N-dealkylation sites (tertiary alicyclic amines) is 1. The van der Waals surface area contributed by atoms with Crippen molar-refractivity contribution >= 4 is 45.8 Å². The number of nitrogens with zero attached hydrogens (tertiary/aromatic N) is 4. The lowest BCUT2D eigenvalue weighted by molar-refractivity contribution is -0.119. The van der Waals surface area contributed by atoms with E-state index in [1.807, 2.05) is 70.4 Å². The molecule has 1 aromatic heterocycles. The number of hydrogen-bond donors (Lipinski definition) is 0. The molecule has 1 aliphatic heterocycles. The highest BCUT2D eigenvalue weighted by molar-refractivity contribution is 6.42. The molecule has 2 heterocycles. The summed E-state index contributed by atoms with van der Waals surface area (Å²) in [7, 11) is 0. The molecule has 1 aliphatic rings. The Morgan fingerprint density at radius 3 is 2.34 bits per heavy atom. The summed E-state index contributed by atoms with van der Waals surface area (Å²) >= 11 is 12.3. The van der Waals surface area contributed by atoms with Crippen molar-refractivity contribution in [2.75, 3.05) is 24.5 Å². The molecular formula is C27H32Cl2N4O2. The number of para-hydroxylation sites is 2. The number of allylic oxidation sites excluding steroid dienone is 2. The van der Waals surface area contributed by atoms with Gasteiger partial charge in [0.2, 0.25) is 5.91 Å². The van der Waals surface area contributed by atoms with Crippen LogP contribution in [-0.4, -0.2) is 45.6 Å². The van der Waals surface area contributed by atoms with Crippen LogP contribution < -0.4 is 10.6 Å². The summed E-state index contributed by atoms with van der Waals surface area (Å²) in [5.74, 6) is 0.0855. The highest BCUT2D eigenvalue weighted by Gasteiger charge is 2.29. The van der Waals surface area contributed by atoms with E-state index in [2.05, 4.69) is 4.90 Å². The van der Waals surface area contributed by atoms with Gasteiger partial charge in [0, 0.05) is 50.9 Å². The molecule has 4 rings (SSSR count). The number of hydrogen-bond acceptors (Lipinski definition) is 3. The Morgan fingerprint density at radius 1 is 1.03 bits per heavy atom. The zero-order valence-electron chi connectivity index (χ0n) is 20.3. The number of benzene rings is 2. The monoisotopic (exact) mass is 514 g/mol. The molecule has 0 N–H and O–H groups in total. The summed E-state index contributed by atoms with van der Waals surface area (Å²) in [6.07, 6.45) is 6.13. The number of rotatable bonds is 8. The molecule has 8 heteroatoms. The van der Waals surface area contributed by atoms with Crippen LogP contribution in [0.2, 0.25) is 10.0 Å². The Hall–Kier alpha value is -2.54. The van der Waals surface area contributed by atoms with E-state index in [1.165, 1.54) is 0 Å².